The van der Waals surface area contributed by atoms with Gasteiger partial charge >= 0.3 is 0 Å². The Labute approximate surface area is 224 Å². The predicted molar refractivity (Wildman–Crippen MR) is 142 cm³/mol. The van der Waals surface area contributed by atoms with Crippen LogP contribution < -0.4 is 29.0 Å². The van der Waals surface area contributed by atoms with Gasteiger partial charge in [-0.05, 0) is 54.3 Å². The maximum Gasteiger partial charge on any atom is 0.295 e. The SMILES string of the molecule is CCCCOc1ccc(/C([O-])=C2\C(=O)C(=O)N(CC[NH+](C)C)C2c2cc(OC)c(OC)c(OC)c2)cc1C. The number of ketones is 1. The monoisotopic (exact) mass is 526 g/mol. The second-order valence-electron chi connectivity index (χ2n) is 9.57. The number of amides is 1. The average molecular weight is 527 g/mol. The minimum absolute atomic E-state index is 0.0999. The Balaban J connectivity index is 2.17. The zero-order valence-corrected chi connectivity index (χ0v) is 23.3. The van der Waals surface area contributed by atoms with Gasteiger partial charge < -0.3 is 33.9 Å². The lowest BCUT2D eigenvalue weighted by Crippen LogP contribution is -3.06. The summed E-state index contributed by atoms with van der Waals surface area (Å²) in [5.74, 6) is -0.212. The van der Waals surface area contributed by atoms with Crippen molar-refractivity contribution in [1.82, 2.24) is 4.90 Å². The van der Waals surface area contributed by atoms with Crippen molar-refractivity contribution in [3.63, 3.8) is 0 Å². The molecule has 0 aliphatic carbocycles. The lowest BCUT2D eigenvalue weighted by Gasteiger charge is -2.28. The summed E-state index contributed by atoms with van der Waals surface area (Å²) in [5, 5.41) is 13.9. The highest BCUT2D eigenvalue weighted by atomic mass is 16.5. The van der Waals surface area contributed by atoms with Crippen LogP contribution in [-0.4, -0.2) is 71.7 Å². The Morgan fingerprint density at radius 2 is 1.66 bits per heavy atom. The van der Waals surface area contributed by atoms with Crippen molar-refractivity contribution >= 4 is 17.4 Å². The summed E-state index contributed by atoms with van der Waals surface area (Å²) in [6.45, 7) is 5.40. The maximum absolute atomic E-state index is 13.9. The van der Waals surface area contributed by atoms with Gasteiger partial charge in [0.1, 0.15) is 5.75 Å². The third-order valence-corrected chi connectivity index (χ3v) is 6.58. The second kappa shape index (κ2) is 12.7. The molecule has 0 radical (unpaired) electrons. The Bertz CT molecular complexity index is 1180. The number of nitrogens with zero attached hydrogens (tertiary/aromatic N) is 1. The molecule has 1 aliphatic heterocycles. The quantitative estimate of drug-likeness (QED) is 0.194. The van der Waals surface area contributed by atoms with E-state index in [4.69, 9.17) is 18.9 Å². The molecule has 1 N–H and O–H groups in total. The molecule has 0 saturated carbocycles. The van der Waals surface area contributed by atoms with Crippen molar-refractivity contribution in [2.75, 3.05) is 55.1 Å². The van der Waals surface area contributed by atoms with Crippen molar-refractivity contribution in [2.45, 2.75) is 32.7 Å². The lowest BCUT2D eigenvalue weighted by molar-refractivity contribution is -0.857. The van der Waals surface area contributed by atoms with Gasteiger partial charge in [0.2, 0.25) is 11.5 Å². The van der Waals surface area contributed by atoms with Crippen LogP contribution in [0.5, 0.6) is 23.0 Å². The second-order valence-corrected chi connectivity index (χ2v) is 9.57. The number of carbonyl (C=O) groups excluding carboxylic acids is 2. The molecular formula is C29H38N2O7. The van der Waals surface area contributed by atoms with Crippen LogP contribution in [0.2, 0.25) is 0 Å². The van der Waals surface area contributed by atoms with Crippen LogP contribution in [0.3, 0.4) is 0 Å². The van der Waals surface area contributed by atoms with Crippen LogP contribution in [-0.2, 0) is 9.59 Å². The molecule has 9 heteroatoms. The number of likely N-dealkylation sites (N-methyl/N-ethyl adjacent to an activating group) is 1. The molecule has 1 fully saturated rings. The molecule has 1 aliphatic rings. The van der Waals surface area contributed by atoms with Crippen LogP contribution in [0.4, 0.5) is 0 Å². The number of Topliss-reactive ketones (excluding diaryl/α,β-unsaturated/α-hetero) is 1. The van der Waals surface area contributed by atoms with E-state index in [0.717, 1.165) is 23.3 Å². The van der Waals surface area contributed by atoms with E-state index in [1.165, 1.54) is 26.2 Å². The molecule has 3 rings (SSSR count). The zero-order chi connectivity index (χ0) is 28.0. The van der Waals surface area contributed by atoms with Gasteiger partial charge in [0.15, 0.2) is 11.5 Å². The van der Waals surface area contributed by atoms with Gasteiger partial charge in [-0.3, -0.25) is 9.59 Å². The first-order valence-corrected chi connectivity index (χ1v) is 12.8. The molecule has 206 valence electrons. The third kappa shape index (κ3) is 5.88. The largest absolute Gasteiger partial charge is 0.872 e. The van der Waals surface area contributed by atoms with Crippen LogP contribution in [0.25, 0.3) is 5.76 Å². The number of benzene rings is 2. The van der Waals surface area contributed by atoms with Gasteiger partial charge in [-0.25, -0.2) is 0 Å². The number of hydrogen-bond donors (Lipinski definition) is 1. The van der Waals surface area contributed by atoms with Gasteiger partial charge in [-0.15, -0.1) is 0 Å². The number of carbonyl (C=O) groups is 2. The number of unbranched alkanes of at least 4 members (excludes halogenated alkanes) is 1. The minimum atomic E-state index is -0.906. The number of likely N-dealkylation sites (tertiary alicyclic amines) is 1. The number of rotatable bonds is 12. The Hall–Kier alpha value is -3.72. The molecule has 1 atom stereocenters. The van der Waals surface area contributed by atoms with Crippen LogP contribution in [0, 0.1) is 6.92 Å². The molecule has 0 bridgehead atoms. The highest BCUT2D eigenvalue weighted by Gasteiger charge is 2.45. The van der Waals surface area contributed by atoms with E-state index in [2.05, 4.69) is 6.92 Å². The first-order valence-electron chi connectivity index (χ1n) is 12.8. The van der Waals surface area contributed by atoms with E-state index in [9.17, 15) is 14.7 Å². The predicted octanol–water partition coefficient (Wildman–Crippen LogP) is 1.57. The number of nitrogens with one attached hydrogen (secondary N) is 1. The van der Waals surface area contributed by atoms with E-state index in [-0.39, 0.29) is 12.1 Å². The summed E-state index contributed by atoms with van der Waals surface area (Å²) in [5.41, 5.74) is 1.52. The van der Waals surface area contributed by atoms with E-state index < -0.39 is 23.5 Å². The molecule has 2 aromatic rings. The van der Waals surface area contributed by atoms with Crippen molar-refractivity contribution in [2.24, 2.45) is 0 Å². The van der Waals surface area contributed by atoms with Gasteiger partial charge in [0, 0.05) is 5.57 Å². The number of hydrogen-bond acceptors (Lipinski definition) is 7. The number of quaternary nitrogens is 1. The standard InChI is InChI=1S/C29H38N2O7/c1-8-9-14-38-21-11-10-19(15-18(21)2)26(32)24-25(31(13-12-30(3)4)29(34)27(24)33)20-16-22(35-5)28(37-7)23(17-20)36-6/h10-11,15-17,25,32H,8-9,12-14H2,1-7H3/b26-24+. The minimum Gasteiger partial charge on any atom is -0.872 e. The van der Waals surface area contributed by atoms with E-state index >= 15 is 0 Å². The third-order valence-electron chi connectivity index (χ3n) is 6.58. The molecular weight excluding hydrogens is 488 g/mol. The molecule has 38 heavy (non-hydrogen) atoms. The zero-order valence-electron chi connectivity index (χ0n) is 23.3. The molecule has 2 aromatic carbocycles. The van der Waals surface area contributed by atoms with E-state index in [0.29, 0.717) is 47.3 Å². The normalized spacial score (nSPS) is 16.7. The highest BCUT2D eigenvalue weighted by molar-refractivity contribution is 6.46. The van der Waals surface area contributed by atoms with Crippen LogP contribution in [0.15, 0.2) is 35.9 Å². The van der Waals surface area contributed by atoms with Crippen LogP contribution in [0.1, 0.15) is 42.5 Å². The smallest absolute Gasteiger partial charge is 0.295 e. The highest BCUT2D eigenvalue weighted by Crippen LogP contribution is 2.45. The molecule has 1 unspecified atom stereocenters. The van der Waals surface area contributed by atoms with Crippen molar-refractivity contribution in [3.05, 3.63) is 52.6 Å². The fraction of sp³-hybridized carbons (Fsp3) is 0.448. The molecule has 0 aromatic heterocycles. The average Bonchev–Trinajstić information content (AvgIpc) is 3.16. The van der Waals surface area contributed by atoms with Gasteiger partial charge in [0.05, 0.1) is 61.2 Å². The maximum atomic E-state index is 13.9. The van der Waals surface area contributed by atoms with Crippen molar-refractivity contribution in [1.29, 1.82) is 0 Å². The molecule has 1 heterocycles. The lowest BCUT2D eigenvalue weighted by atomic mass is 9.94. The summed E-state index contributed by atoms with van der Waals surface area (Å²) in [6.07, 6.45) is 1.94. The fourth-order valence-electron chi connectivity index (χ4n) is 4.49. The number of aryl methyl sites for hydroxylation is 1. The first kappa shape index (κ1) is 28.8. The Kier molecular flexibility index (Phi) is 9.63. The summed E-state index contributed by atoms with van der Waals surface area (Å²) in [4.78, 5) is 29.1. The summed E-state index contributed by atoms with van der Waals surface area (Å²) in [7, 11) is 8.39. The van der Waals surface area contributed by atoms with Crippen molar-refractivity contribution < 1.29 is 38.5 Å². The van der Waals surface area contributed by atoms with E-state index in [1.807, 2.05) is 21.0 Å². The number of methoxy groups -OCH3 is 3. The Morgan fingerprint density at radius 3 is 2.18 bits per heavy atom. The van der Waals surface area contributed by atoms with Crippen molar-refractivity contribution in [3.8, 4) is 23.0 Å². The van der Waals surface area contributed by atoms with Gasteiger partial charge in [0.25, 0.3) is 5.91 Å². The summed E-state index contributed by atoms with van der Waals surface area (Å²) >= 11 is 0. The summed E-state index contributed by atoms with van der Waals surface area (Å²) in [6, 6.07) is 7.53. The first-order chi connectivity index (χ1) is 18.2. The fourth-order valence-corrected chi connectivity index (χ4v) is 4.49. The van der Waals surface area contributed by atoms with Gasteiger partial charge in [-0.2, -0.15) is 0 Å². The number of ether oxygens (including phenoxy) is 4. The molecule has 1 saturated heterocycles. The van der Waals surface area contributed by atoms with E-state index in [1.54, 1.807) is 30.3 Å². The van der Waals surface area contributed by atoms with Crippen LogP contribution >= 0.6 is 0 Å². The molecule has 1 amide bonds. The summed E-state index contributed by atoms with van der Waals surface area (Å²) < 4.78 is 22.3. The van der Waals surface area contributed by atoms with Gasteiger partial charge in [-0.1, -0.05) is 25.2 Å². The topological polar surface area (TPSA) is 102 Å². The molecule has 0 spiro atoms. The Morgan fingerprint density at radius 1 is 1.00 bits per heavy atom. The molecule has 9 nitrogen and oxygen atoms in total.